The molecule has 20 heavy (non-hydrogen) atoms. The van der Waals surface area contributed by atoms with Crippen molar-refractivity contribution < 1.29 is 19.1 Å². The molecule has 6 heteroatoms. The minimum absolute atomic E-state index is 0.105. The molecule has 2 aliphatic heterocycles. The van der Waals surface area contributed by atoms with Crippen LogP contribution >= 0.6 is 0 Å². The number of esters is 1. The Morgan fingerprint density at radius 2 is 1.90 bits per heavy atom. The summed E-state index contributed by atoms with van der Waals surface area (Å²) in [7, 11) is 1.38. The van der Waals surface area contributed by atoms with E-state index in [0.717, 1.165) is 0 Å². The summed E-state index contributed by atoms with van der Waals surface area (Å²) in [5.41, 5.74) is -0.934. The fraction of sp³-hybridized carbons (Fsp3) is 0.786. The molecule has 0 radical (unpaired) electrons. The van der Waals surface area contributed by atoms with Crippen LogP contribution in [0.15, 0.2) is 0 Å². The molecule has 0 spiro atoms. The molecular formula is C14H20N2O4. The van der Waals surface area contributed by atoms with E-state index in [4.69, 9.17) is 9.47 Å². The first-order valence-corrected chi connectivity index (χ1v) is 6.99. The molecule has 0 unspecified atom stereocenters. The molecule has 2 fully saturated rings. The van der Waals surface area contributed by atoms with Crippen molar-refractivity contribution in [2.45, 2.75) is 25.7 Å². The first kappa shape index (κ1) is 14.8. The Bertz CT molecular complexity index is 415. The van der Waals surface area contributed by atoms with Crippen molar-refractivity contribution in [3.8, 4) is 6.07 Å². The molecular weight excluding hydrogens is 260 g/mol. The van der Waals surface area contributed by atoms with Gasteiger partial charge in [0.05, 0.1) is 19.1 Å². The first-order chi connectivity index (χ1) is 9.63. The van der Waals surface area contributed by atoms with Crippen molar-refractivity contribution >= 4 is 11.9 Å². The molecule has 0 aromatic heterocycles. The minimum Gasteiger partial charge on any atom is -0.469 e. The smallest absolute Gasteiger partial charge is 0.308 e. The predicted octanol–water partition coefficient (Wildman–Crippen LogP) is 0.718. The maximum atomic E-state index is 12.6. The summed E-state index contributed by atoms with van der Waals surface area (Å²) in [5, 5.41) is 9.39. The summed E-state index contributed by atoms with van der Waals surface area (Å²) in [4.78, 5) is 25.8. The molecule has 2 saturated heterocycles. The van der Waals surface area contributed by atoms with E-state index in [1.165, 1.54) is 7.11 Å². The van der Waals surface area contributed by atoms with E-state index in [9.17, 15) is 14.9 Å². The number of ether oxygens (including phenoxy) is 2. The Morgan fingerprint density at radius 1 is 1.30 bits per heavy atom. The van der Waals surface area contributed by atoms with Crippen LogP contribution in [0.25, 0.3) is 0 Å². The SMILES string of the molecule is COC(=O)C1CCN(C(=O)C2(C#N)CCOCC2)CC1. The van der Waals surface area contributed by atoms with E-state index in [2.05, 4.69) is 6.07 Å². The Balaban J connectivity index is 1.97. The van der Waals surface area contributed by atoms with E-state index in [1.807, 2.05) is 0 Å². The lowest BCUT2D eigenvalue weighted by molar-refractivity contribution is -0.152. The van der Waals surface area contributed by atoms with Crippen LogP contribution in [0.2, 0.25) is 0 Å². The number of carbonyl (C=O) groups excluding carboxylic acids is 2. The summed E-state index contributed by atoms with van der Waals surface area (Å²) in [5.74, 6) is -0.443. The number of likely N-dealkylation sites (tertiary alicyclic amines) is 1. The van der Waals surface area contributed by atoms with Crippen molar-refractivity contribution in [3.05, 3.63) is 0 Å². The van der Waals surface area contributed by atoms with Crippen molar-refractivity contribution in [2.24, 2.45) is 11.3 Å². The predicted molar refractivity (Wildman–Crippen MR) is 69.4 cm³/mol. The summed E-state index contributed by atoms with van der Waals surface area (Å²) in [6, 6.07) is 2.20. The van der Waals surface area contributed by atoms with Crippen LogP contribution in [-0.2, 0) is 19.1 Å². The van der Waals surface area contributed by atoms with Gasteiger partial charge in [0.15, 0.2) is 0 Å². The lowest BCUT2D eigenvalue weighted by atomic mass is 9.79. The number of carbonyl (C=O) groups is 2. The van der Waals surface area contributed by atoms with Crippen LogP contribution < -0.4 is 0 Å². The Labute approximate surface area is 118 Å². The Morgan fingerprint density at radius 3 is 2.40 bits per heavy atom. The number of nitriles is 1. The van der Waals surface area contributed by atoms with Gasteiger partial charge in [0.1, 0.15) is 5.41 Å². The molecule has 2 aliphatic rings. The fourth-order valence-electron chi connectivity index (χ4n) is 2.88. The summed E-state index contributed by atoms with van der Waals surface area (Å²) < 4.78 is 9.98. The molecule has 0 bridgehead atoms. The molecule has 6 nitrogen and oxygen atoms in total. The van der Waals surface area contributed by atoms with Crippen molar-refractivity contribution in [2.75, 3.05) is 33.4 Å². The van der Waals surface area contributed by atoms with Crippen LogP contribution in [0.1, 0.15) is 25.7 Å². The highest BCUT2D eigenvalue weighted by atomic mass is 16.5. The highest BCUT2D eigenvalue weighted by Crippen LogP contribution is 2.33. The molecule has 2 heterocycles. The molecule has 110 valence electrons. The molecule has 0 aliphatic carbocycles. The maximum Gasteiger partial charge on any atom is 0.308 e. The summed E-state index contributed by atoms with van der Waals surface area (Å²) >= 11 is 0. The van der Waals surface area contributed by atoms with Crippen LogP contribution in [0.4, 0.5) is 0 Å². The zero-order valence-corrected chi connectivity index (χ0v) is 11.8. The number of amides is 1. The van der Waals surface area contributed by atoms with E-state index < -0.39 is 5.41 Å². The lowest BCUT2D eigenvalue weighted by Crippen LogP contribution is -2.49. The first-order valence-electron chi connectivity index (χ1n) is 6.99. The lowest BCUT2D eigenvalue weighted by Gasteiger charge is -2.37. The zero-order chi connectivity index (χ0) is 14.6. The van der Waals surface area contributed by atoms with Crippen molar-refractivity contribution in [1.29, 1.82) is 5.26 Å². The van der Waals surface area contributed by atoms with Gasteiger partial charge in [0.25, 0.3) is 0 Å². The van der Waals surface area contributed by atoms with Gasteiger partial charge in [-0.15, -0.1) is 0 Å². The zero-order valence-electron chi connectivity index (χ0n) is 11.8. The van der Waals surface area contributed by atoms with Crippen LogP contribution in [0.3, 0.4) is 0 Å². The average Bonchev–Trinajstić information content (AvgIpc) is 2.54. The largest absolute Gasteiger partial charge is 0.469 e. The molecule has 1 amide bonds. The normalized spacial score (nSPS) is 22.9. The molecule has 0 saturated carbocycles. The molecule has 2 rings (SSSR count). The van der Waals surface area contributed by atoms with Gasteiger partial charge in [0, 0.05) is 26.3 Å². The highest BCUT2D eigenvalue weighted by molar-refractivity contribution is 5.86. The maximum absolute atomic E-state index is 12.6. The van der Waals surface area contributed by atoms with E-state index in [-0.39, 0.29) is 17.8 Å². The van der Waals surface area contributed by atoms with E-state index in [1.54, 1.807) is 4.90 Å². The number of methoxy groups -OCH3 is 1. The minimum atomic E-state index is -0.934. The van der Waals surface area contributed by atoms with Gasteiger partial charge in [-0.25, -0.2) is 0 Å². The molecule has 0 aromatic rings. The van der Waals surface area contributed by atoms with Gasteiger partial charge in [-0.2, -0.15) is 5.26 Å². The topological polar surface area (TPSA) is 79.6 Å². The van der Waals surface area contributed by atoms with Gasteiger partial charge in [-0.3, -0.25) is 9.59 Å². The average molecular weight is 280 g/mol. The van der Waals surface area contributed by atoms with Gasteiger partial charge in [0.2, 0.25) is 5.91 Å². The second kappa shape index (κ2) is 6.23. The summed E-state index contributed by atoms with van der Waals surface area (Å²) in [6.07, 6.45) is 2.13. The summed E-state index contributed by atoms with van der Waals surface area (Å²) in [6.45, 7) is 1.95. The van der Waals surface area contributed by atoms with Crippen molar-refractivity contribution in [3.63, 3.8) is 0 Å². The Kier molecular flexibility index (Phi) is 4.61. The number of piperidine rings is 1. The second-order valence-corrected chi connectivity index (χ2v) is 5.40. The third-order valence-electron chi connectivity index (χ3n) is 4.29. The Hall–Kier alpha value is -1.61. The third-order valence-corrected chi connectivity index (χ3v) is 4.29. The standard InChI is InChI=1S/C14H20N2O4/c1-19-12(17)11-2-6-16(7-3-11)13(18)14(10-15)4-8-20-9-5-14/h11H,2-9H2,1H3. The molecule has 0 aromatic carbocycles. The molecule has 0 N–H and O–H groups in total. The van der Waals surface area contributed by atoms with Gasteiger partial charge in [-0.05, 0) is 25.7 Å². The van der Waals surface area contributed by atoms with Crippen LogP contribution in [-0.4, -0.2) is 50.2 Å². The monoisotopic (exact) mass is 280 g/mol. The van der Waals surface area contributed by atoms with E-state index >= 15 is 0 Å². The van der Waals surface area contributed by atoms with E-state index in [0.29, 0.717) is 52.0 Å². The van der Waals surface area contributed by atoms with Gasteiger partial charge in [-0.1, -0.05) is 0 Å². The number of hydrogen-bond acceptors (Lipinski definition) is 5. The quantitative estimate of drug-likeness (QED) is 0.696. The van der Waals surface area contributed by atoms with Crippen molar-refractivity contribution in [1.82, 2.24) is 4.90 Å². The van der Waals surface area contributed by atoms with Crippen LogP contribution in [0.5, 0.6) is 0 Å². The third kappa shape index (κ3) is 2.78. The highest BCUT2D eigenvalue weighted by Gasteiger charge is 2.44. The fourth-order valence-corrected chi connectivity index (χ4v) is 2.88. The number of nitrogens with zero attached hydrogens (tertiary/aromatic N) is 2. The van der Waals surface area contributed by atoms with Gasteiger partial charge >= 0.3 is 5.97 Å². The second-order valence-electron chi connectivity index (χ2n) is 5.40. The molecule has 0 atom stereocenters. The van der Waals surface area contributed by atoms with Gasteiger partial charge < -0.3 is 14.4 Å². The van der Waals surface area contributed by atoms with Crippen LogP contribution in [0, 0.1) is 22.7 Å². The number of hydrogen-bond donors (Lipinski definition) is 0. The number of rotatable bonds is 2.